The molecule has 8 heteroatoms. The Labute approximate surface area is 161 Å². The Morgan fingerprint density at radius 1 is 0.846 bits per heavy atom. The molecule has 0 aliphatic heterocycles. The molecule has 2 amide bonds. The first-order chi connectivity index (χ1) is 12.6. The number of unbranched alkanes of at least 4 members (excludes halogenated alkanes) is 1. The zero-order valence-electron chi connectivity index (χ0n) is 14.8. The number of carbonyl (C=O) groups is 2. The lowest BCUT2D eigenvalue weighted by Gasteiger charge is -2.03. The van der Waals surface area contributed by atoms with E-state index in [2.05, 4.69) is 21.1 Å². The molecule has 0 bridgehead atoms. The molecule has 0 aliphatic rings. The number of amides is 2. The molecule has 2 N–H and O–H groups in total. The Hall–Kier alpha value is -2.32. The van der Waals surface area contributed by atoms with E-state index in [1.165, 1.54) is 0 Å². The van der Waals surface area contributed by atoms with Crippen molar-refractivity contribution in [2.75, 3.05) is 0 Å². The number of hydrogen-bond acceptors (Lipinski definition) is 6. The smallest absolute Gasteiger partial charge is 0.240 e. The molecular weight excluding hydrogens is 368 g/mol. The molecule has 2 aromatic rings. The van der Waals surface area contributed by atoms with E-state index in [0.29, 0.717) is 25.7 Å². The molecule has 2 aromatic heterocycles. The highest BCUT2D eigenvalue weighted by atomic mass is 32.1. The van der Waals surface area contributed by atoms with Crippen LogP contribution in [0.15, 0.2) is 45.2 Å². The number of carbonyl (C=O) groups excluding carboxylic acids is 2. The summed E-state index contributed by atoms with van der Waals surface area (Å²) in [5.41, 5.74) is 6.67. The topological polar surface area (TPSA) is 82.9 Å². The summed E-state index contributed by atoms with van der Waals surface area (Å²) in [6, 6.07) is 7.80. The molecule has 0 saturated heterocycles. The third kappa shape index (κ3) is 6.89. The Balaban J connectivity index is 1.60. The summed E-state index contributed by atoms with van der Waals surface area (Å²) >= 11 is 3.15. The molecule has 0 radical (unpaired) electrons. The Bertz CT molecular complexity index is 699. The summed E-state index contributed by atoms with van der Waals surface area (Å²) in [5.74, 6) is -0.291. The van der Waals surface area contributed by atoms with Crippen LogP contribution in [0.3, 0.4) is 0 Å². The maximum absolute atomic E-state index is 11.8. The molecule has 0 saturated carbocycles. The lowest BCUT2D eigenvalue weighted by molar-refractivity contribution is -0.123. The number of hydrogen-bond donors (Lipinski definition) is 2. The predicted molar refractivity (Wildman–Crippen MR) is 108 cm³/mol. The normalized spacial score (nSPS) is 12.1. The second-order valence-electron chi connectivity index (χ2n) is 5.63. The lowest BCUT2D eigenvalue weighted by Crippen LogP contribution is -2.20. The van der Waals surface area contributed by atoms with Crippen LogP contribution in [-0.4, -0.2) is 23.2 Å². The van der Waals surface area contributed by atoms with Crippen LogP contribution in [0.25, 0.3) is 0 Å². The van der Waals surface area contributed by atoms with Crippen LogP contribution in [0.2, 0.25) is 0 Å². The highest BCUT2D eigenvalue weighted by Gasteiger charge is 2.05. The van der Waals surface area contributed by atoms with E-state index in [1.54, 1.807) is 22.7 Å². The summed E-state index contributed by atoms with van der Waals surface area (Å²) in [6.45, 7) is 3.71. The van der Waals surface area contributed by atoms with E-state index >= 15 is 0 Å². The van der Waals surface area contributed by atoms with Crippen molar-refractivity contribution in [1.82, 2.24) is 10.9 Å². The summed E-state index contributed by atoms with van der Waals surface area (Å²) in [7, 11) is 0. The first-order valence-corrected chi connectivity index (χ1v) is 10.1. The average Bonchev–Trinajstić information content (AvgIpc) is 3.34. The van der Waals surface area contributed by atoms with Gasteiger partial charge in [-0.25, -0.2) is 10.9 Å². The molecule has 0 aliphatic carbocycles. The fraction of sp³-hybridized carbons (Fsp3) is 0.333. The zero-order chi connectivity index (χ0) is 18.8. The van der Waals surface area contributed by atoms with Crippen molar-refractivity contribution in [1.29, 1.82) is 0 Å². The van der Waals surface area contributed by atoms with Crippen LogP contribution in [0.5, 0.6) is 0 Å². The minimum atomic E-state index is -0.145. The van der Waals surface area contributed by atoms with Crippen LogP contribution in [0.4, 0.5) is 0 Å². The fourth-order valence-corrected chi connectivity index (χ4v) is 3.41. The largest absolute Gasteiger partial charge is 0.273 e. The van der Waals surface area contributed by atoms with Crippen molar-refractivity contribution in [2.45, 2.75) is 39.5 Å². The van der Waals surface area contributed by atoms with E-state index in [1.807, 2.05) is 48.9 Å². The van der Waals surface area contributed by atoms with Crippen molar-refractivity contribution in [3.05, 3.63) is 44.8 Å². The van der Waals surface area contributed by atoms with Gasteiger partial charge in [-0.05, 0) is 49.6 Å². The number of nitrogens with zero attached hydrogens (tertiary/aromatic N) is 2. The molecule has 0 aromatic carbocycles. The lowest BCUT2D eigenvalue weighted by atomic mass is 10.2. The van der Waals surface area contributed by atoms with Gasteiger partial charge in [0.05, 0.1) is 11.4 Å². The molecule has 0 fully saturated rings. The van der Waals surface area contributed by atoms with Gasteiger partial charge in [0.2, 0.25) is 11.8 Å². The van der Waals surface area contributed by atoms with Gasteiger partial charge in [-0.15, -0.1) is 22.7 Å². The predicted octanol–water partition coefficient (Wildman–Crippen LogP) is 3.75. The van der Waals surface area contributed by atoms with E-state index in [-0.39, 0.29) is 11.8 Å². The molecule has 26 heavy (non-hydrogen) atoms. The maximum Gasteiger partial charge on any atom is 0.240 e. The van der Waals surface area contributed by atoms with Gasteiger partial charge in [-0.3, -0.25) is 9.59 Å². The van der Waals surface area contributed by atoms with Crippen LogP contribution < -0.4 is 10.9 Å². The Kier molecular flexibility index (Phi) is 8.17. The summed E-state index contributed by atoms with van der Waals surface area (Å²) in [6.07, 6.45) is 1.93. The minimum absolute atomic E-state index is 0.145. The van der Waals surface area contributed by atoms with Gasteiger partial charge in [0.1, 0.15) is 0 Å². The van der Waals surface area contributed by atoms with Gasteiger partial charge >= 0.3 is 0 Å². The number of hydrazone groups is 2. The minimum Gasteiger partial charge on any atom is -0.273 e. The van der Waals surface area contributed by atoms with E-state index in [0.717, 1.165) is 21.2 Å². The van der Waals surface area contributed by atoms with Crippen LogP contribution in [-0.2, 0) is 9.59 Å². The summed E-state index contributed by atoms with van der Waals surface area (Å²) in [4.78, 5) is 25.6. The van der Waals surface area contributed by atoms with Gasteiger partial charge in [-0.2, -0.15) is 10.2 Å². The summed E-state index contributed by atoms with van der Waals surface area (Å²) in [5, 5.41) is 12.1. The number of thiophene rings is 2. The highest BCUT2D eigenvalue weighted by Crippen LogP contribution is 2.10. The molecule has 0 unspecified atom stereocenters. The fourth-order valence-electron chi connectivity index (χ4n) is 2.05. The first-order valence-electron chi connectivity index (χ1n) is 8.30. The number of nitrogens with one attached hydrogen (secondary N) is 2. The monoisotopic (exact) mass is 390 g/mol. The molecule has 138 valence electrons. The van der Waals surface area contributed by atoms with Gasteiger partial charge in [0.25, 0.3) is 0 Å². The Morgan fingerprint density at radius 2 is 1.27 bits per heavy atom. The van der Waals surface area contributed by atoms with Crippen LogP contribution in [0.1, 0.15) is 49.3 Å². The molecule has 0 atom stereocenters. The molecule has 6 nitrogen and oxygen atoms in total. The van der Waals surface area contributed by atoms with E-state index < -0.39 is 0 Å². The van der Waals surface area contributed by atoms with Gasteiger partial charge < -0.3 is 0 Å². The molecule has 2 rings (SSSR count). The molecular formula is C18H22N4O2S2. The second kappa shape index (κ2) is 10.6. The highest BCUT2D eigenvalue weighted by molar-refractivity contribution is 7.12. The van der Waals surface area contributed by atoms with Crippen molar-refractivity contribution >= 4 is 45.9 Å². The average molecular weight is 391 g/mol. The molecule has 2 heterocycles. The van der Waals surface area contributed by atoms with Crippen LogP contribution in [0, 0.1) is 0 Å². The van der Waals surface area contributed by atoms with Crippen molar-refractivity contribution in [3.8, 4) is 0 Å². The SMILES string of the molecule is C/C(=N\NC(=O)CCCCC(=O)N/N=C(\C)c1cccs1)c1cccs1. The van der Waals surface area contributed by atoms with Crippen LogP contribution >= 0.6 is 22.7 Å². The second-order valence-corrected chi connectivity index (χ2v) is 7.52. The summed E-state index contributed by atoms with van der Waals surface area (Å²) < 4.78 is 0. The van der Waals surface area contributed by atoms with Gasteiger partial charge in [-0.1, -0.05) is 12.1 Å². The molecule has 0 spiro atoms. The van der Waals surface area contributed by atoms with Gasteiger partial charge in [0, 0.05) is 22.6 Å². The zero-order valence-corrected chi connectivity index (χ0v) is 16.5. The van der Waals surface area contributed by atoms with Crippen molar-refractivity contribution in [3.63, 3.8) is 0 Å². The third-order valence-corrected chi connectivity index (χ3v) is 5.47. The van der Waals surface area contributed by atoms with Gasteiger partial charge in [0.15, 0.2) is 0 Å². The Morgan fingerprint density at radius 3 is 1.62 bits per heavy atom. The maximum atomic E-state index is 11.8. The first kappa shape index (κ1) is 20.0. The van der Waals surface area contributed by atoms with E-state index in [4.69, 9.17) is 0 Å². The third-order valence-electron chi connectivity index (χ3n) is 3.51. The van der Waals surface area contributed by atoms with E-state index in [9.17, 15) is 9.59 Å². The quantitative estimate of drug-likeness (QED) is 0.388. The van der Waals surface area contributed by atoms with Crippen molar-refractivity contribution < 1.29 is 9.59 Å². The van der Waals surface area contributed by atoms with Crippen molar-refractivity contribution in [2.24, 2.45) is 10.2 Å². The number of rotatable bonds is 9. The standard InChI is InChI=1S/C18H22N4O2S2/c1-13(15-7-5-11-25-15)19-21-17(23)9-3-4-10-18(24)22-20-14(2)16-8-6-12-26-16/h5-8,11-12H,3-4,9-10H2,1-2H3,(H,21,23)(H,22,24)/b19-13+,20-14+.